The molecule has 70 valence electrons. The molecule has 0 aromatic heterocycles. The molecule has 1 heterocycles. The monoisotopic (exact) mass is 169 g/mol. The van der Waals surface area contributed by atoms with Gasteiger partial charge in [0.05, 0.1) is 6.04 Å². The van der Waals surface area contributed by atoms with E-state index in [-0.39, 0.29) is 6.04 Å². The van der Waals surface area contributed by atoms with E-state index in [0.29, 0.717) is 5.78 Å². The number of hydrogen-bond donors (Lipinski definition) is 0. The van der Waals surface area contributed by atoms with Crippen LogP contribution in [0.4, 0.5) is 0 Å². The maximum atomic E-state index is 11.2. The van der Waals surface area contributed by atoms with Gasteiger partial charge in [0, 0.05) is 6.54 Å². The quantitative estimate of drug-likeness (QED) is 0.641. The summed E-state index contributed by atoms with van der Waals surface area (Å²) in [5.41, 5.74) is 0. The van der Waals surface area contributed by atoms with Gasteiger partial charge >= 0.3 is 0 Å². The maximum Gasteiger partial charge on any atom is 0.146 e. The van der Waals surface area contributed by atoms with Crippen LogP contribution in [0.3, 0.4) is 0 Å². The Morgan fingerprint density at radius 2 is 2.25 bits per heavy atom. The lowest BCUT2D eigenvalue weighted by Gasteiger charge is -2.14. The topological polar surface area (TPSA) is 20.3 Å². The zero-order valence-corrected chi connectivity index (χ0v) is 8.34. The normalized spacial score (nSPS) is 30.9. The largest absolute Gasteiger partial charge is 0.298 e. The number of carbonyl (C=O) groups excluding carboxylic acids is 1. The van der Waals surface area contributed by atoms with Crippen LogP contribution in [0.1, 0.15) is 33.1 Å². The highest BCUT2D eigenvalue weighted by Crippen LogP contribution is 2.25. The van der Waals surface area contributed by atoms with E-state index in [2.05, 4.69) is 18.9 Å². The summed E-state index contributed by atoms with van der Waals surface area (Å²) >= 11 is 0. The van der Waals surface area contributed by atoms with Crippen LogP contribution in [-0.2, 0) is 4.79 Å². The number of likely N-dealkylation sites (N-methyl/N-ethyl adjacent to an activating group) is 1. The fourth-order valence-electron chi connectivity index (χ4n) is 2.20. The number of Topliss-reactive ketones (excluding diaryl/α,β-unsaturated/α-hetero) is 1. The van der Waals surface area contributed by atoms with Crippen LogP contribution >= 0.6 is 0 Å². The molecule has 0 aromatic rings. The first-order valence-electron chi connectivity index (χ1n) is 4.85. The number of likely N-dealkylation sites (tertiary alicyclic amines) is 1. The lowest BCUT2D eigenvalue weighted by atomic mass is 9.99. The third-order valence-electron chi connectivity index (χ3n) is 2.80. The fraction of sp³-hybridized carbons (Fsp3) is 0.900. The molecular formula is C10H19NO. The van der Waals surface area contributed by atoms with Crippen LogP contribution in [0.5, 0.6) is 0 Å². The minimum Gasteiger partial charge on any atom is -0.298 e. The molecule has 0 saturated carbocycles. The van der Waals surface area contributed by atoms with Gasteiger partial charge in [-0.25, -0.2) is 0 Å². The summed E-state index contributed by atoms with van der Waals surface area (Å²) in [7, 11) is 2.06. The minimum atomic E-state index is 0.210. The summed E-state index contributed by atoms with van der Waals surface area (Å²) in [4.78, 5) is 13.4. The van der Waals surface area contributed by atoms with Gasteiger partial charge in [-0.2, -0.15) is 0 Å². The third-order valence-corrected chi connectivity index (χ3v) is 2.80. The molecule has 1 fully saturated rings. The van der Waals surface area contributed by atoms with Gasteiger partial charge in [-0.1, -0.05) is 13.3 Å². The molecule has 2 atom stereocenters. The Bertz CT molecular complexity index is 167. The van der Waals surface area contributed by atoms with Gasteiger partial charge in [-0.3, -0.25) is 9.69 Å². The predicted octanol–water partition coefficient (Wildman–Crippen LogP) is 1.70. The molecule has 0 N–H and O–H groups in total. The molecule has 0 aromatic carbocycles. The van der Waals surface area contributed by atoms with Gasteiger partial charge in [0.25, 0.3) is 0 Å². The van der Waals surface area contributed by atoms with Gasteiger partial charge in [0.1, 0.15) is 5.78 Å². The molecule has 1 aliphatic heterocycles. The molecule has 0 radical (unpaired) electrons. The van der Waals surface area contributed by atoms with Crippen molar-refractivity contribution in [1.29, 1.82) is 0 Å². The average Bonchev–Trinajstić information content (AvgIpc) is 2.32. The first kappa shape index (κ1) is 9.72. The fourth-order valence-corrected chi connectivity index (χ4v) is 2.20. The first-order valence-corrected chi connectivity index (χ1v) is 4.85. The number of nitrogens with zero attached hydrogens (tertiary/aromatic N) is 1. The second kappa shape index (κ2) is 4.04. The van der Waals surface area contributed by atoms with Crippen molar-refractivity contribution in [2.45, 2.75) is 39.2 Å². The van der Waals surface area contributed by atoms with E-state index >= 15 is 0 Å². The molecule has 0 bridgehead atoms. The second-order valence-electron chi connectivity index (χ2n) is 3.96. The van der Waals surface area contributed by atoms with Crippen LogP contribution in [0.25, 0.3) is 0 Å². The zero-order valence-electron chi connectivity index (χ0n) is 8.34. The van der Waals surface area contributed by atoms with E-state index in [9.17, 15) is 4.79 Å². The Morgan fingerprint density at radius 1 is 1.58 bits per heavy atom. The lowest BCUT2D eigenvalue weighted by Crippen LogP contribution is -2.30. The Kier molecular flexibility index (Phi) is 3.27. The van der Waals surface area contributed by atoms with Gasteiger partial charge in [-0.15, -0.1) is 0 Å². The SMILES string of the molecule is CCC[C@@H]1CC(C(C)=O)N(C)C1. The van der Waals surface area contributed by atoms with Crippen molar-refractivity contribution in [2.75, 3.05) is 13.6 Å². The molecule has 0 aliphatic carbocycles. The lowest BCUT2D eigenvalue weighted by molar-refractivity contribution is -0.120. The third kappa shape index (κ3) is 2.07. The maximum absolute atomic E-state index is 11.2. The van der Waals surface area contributed by atoms with E-state index in [1.165, 1.54) is 12.8 Å². The Labute approximate surface area is 74.9 Å². The van der Waals surface area contributed by atoms with Crippen molar-refractivity contribution >= 4 is 5.78 Å². The van der Waals surface area contributed by atoms with Crippen molar-refractivity contribution in [2.24, 2.45) is 5.92 Å². The van der Waals surface area contributed by atoms with Crippen molar-refractivity contribution in [3.63, 3.8) is 0 Å². The predicted molar refractivity (Wildman–Crippen MR) is 50.1 cm³/mol. The second-order valence-corrected chi connectivity index (χ2v) is 3.96. The van der Waals surface area contributed by atoms with Gasteiger partial charge in [-0.05, 0) is 32.7 Å². The molecule has 2 nitrogen and oxygen atoms in total. The van der Waals surface area contributed by atoms with Crippen LogP contribution in [0.2, 0.25) is 0 Å². The summed E-state index contributed by atoms with van der Waals surface area (Å²) in [6.45, 7) is 5.02. The Balaban J connectivity index is 2.44. The Morgan fingerprint density at radius 3 is 2.67 bits per heavy atom. The Hall–Kier alpha value is -0.370. The molecule has 1 rings (SSSR count). The molecule has 2 heteroatoms. The van der Waals surface area contributed by atoms with Gasteiger partial charge < -0.3 is 0 Å². The van der Waals surface area contributed by atoms with Crippen LogP contribution in [0, 0.1) is 5.92 Å². The van der Waals surface area contributed by atoms with E-state index in [1.807, 2.05) is 0 Å². The molecule has 1 aliphatic rings. The molecule has 0 amide bonds. The van der Waals surface area contributed by atoms with Crippen molar-refractivity contribution in [1.82, 2.24) is 4.90 Å². The summed E-state index contributed by atoms with van der Waals surface area (Å²) in [6.07, 6.45) is 3.59. The van der Waals surface area contributed by atoms with Crippen LogP contribution in [-0.4, -0.2) is 30.3 Å². The standard InChI is InChI=1S/C10H19NO/c1-4-5-9-6-10(8(2)12)11(3)7-9/h9-10H,4-7H2,1-3H3/t9-,10?/m1/s1. The molecule has 1 unspecified atom stereocenters. The number of ketones is 1. The van der Waals surface area contributed by atoms with Crippen LogP contribution < -0.4 is 0 Å². The van der Waals surface area contributed by atoms with Crippen LogP contribution in [0.15, 0.2) is 0 Å². The molecule has 0 spiro atoms. The molecular weight excluding hydrogens is 150 g/mol. The summed E-state index contributed by atoms with van der Waals surface area (Å²) in [6, 6.07) is 0.210. The van der Waals surface area contributed by atoms with Gasteiger partial charge in [0.2, 0.25) is 0 Å². The average molecular weight is 169 g/mol. The number of carbonyl (C=O) groups is 1. The zero-order chi connectivity index (χ0) is 9.14. The van der Waals surface area contributed by atoms with Gasteiger partial charge in [0.15, 0.2) is 0 Å². The van der Waals surface area contributed by atoms with E-state index in [1.54, 1.807) is 6.92 Å². The highest BCUT2D eigenvalue weighted by atomic mass is 16.1. The van der Waals surface area contributed by atoms with E-state index in [0.717, 1.165) is 18.9 Å². The number of rotatable bonds is 3. The smallest absolute Gasteiger partial charge is 0.146 e. The minimum absolute atomic E-state index is 0.210. The van der Waals surface area contributed by atoms with Crippen molar-refractivity contribution in [3.8, 4) is 0 Å². The van der Waals surface area contributed by atoms with Crippen molar-refractivity contribution in [3.05, 3.63) is 0 Å². The highest BCUT2D eigenvalue weighted by molar-refractivity contribution is 5.81. The summed E-state index contributed by atoms with van der Waals surface area (Å²) < 4.78 is 0. The van der Waals surface area contributed by atoms with Crippen molar-refractivity contribution < 1.29 is 4.79 Å². The van der Waals surface area contributed by atoms with E-state index in [4.69, 9.17) is 0 Å². The molecule has 12 heavy (non-hydrogen) atoms. The molecule has 1 saturated heterocycles. The van der Waals surface area contributed by atoms with E-state index < -0.39 is 0 Å². The number of hydrogen-bond acceptors (Lipinski definition) is 2. The summed E-state index contributed by atoms with van der Waals surface area (Å²) in [5, 5.41) is 0. The summed E-state index contributed by atoms with van der Waals surface area (Å²) in [5.74, 6) is 1.09. The first-order chi connectivity index (χ1) is 5.65. The highest BCUT2D eigenvalue weighted by Gasteiger charge is 2.31.